The number of nitrogens with zero attached hydrogens (tertiary/aromatic N) is 2. The van der Waals surface area contributed by atoms with E-state index < -0.39 is 5.97 Å². The van der Waals surface area contributed by atoms with Crippen LogP contribution >= 0.6 is 0 Å². The summed E-state index contributed by atoms with van der Waals surface area (Å²) in [6.45, 7) is 2.04. The molecule has 3 rings (SSSR count). The molecule has 1 unspecified atom stereocenters. The first kappa shape index (κ1) is 18.3. The van der Waals surface area contributed by atoms with E-state index in [4.69, 9.17) is 5.11 Å². The van der Waals surface area contributed by atoms with Crippen LogP contribution in [-0.2, 0) is 0 Å². The van der Waals surface area contributed by atoms with Crippen LogP contribution in [0.2, 0.25) is 0 Å². The van der Waals surface area contributed by atoms with E-state index in [0.29, 0.717) is 12.1 Å². The van der Waals surface area contributed by atoms with Crippen LogP contribution in [0.5, 0.6) is 0 Å². The van der Waals surface area contributed by atoms with Gasteiger partial charge in [-0.3, -0.25) is 4.98 Å². The Bertz CT molecular complexity index is 951. The van der Waals surface area contributed by atoms with Crippen molar-refractivity contribution in [2.45, 2.75) is 19.3 Å². The van der Waals surface area contributed by atoms with Crippen LogP contribution in [0.4, 0.5) is 0 Å². The Hall–Kier alpha value is -3.47. The Kier molecular flexibility index (Phi) is 5.61. The molecule has 0 aliphatic heterocycles. The maximum atomic E-state index is 11.2. The van der Waals surface area contributed by atoms with Crippen LogP contribution in [0.15, 0.2) is 78.2 Å². The van der Waals surface area contributed by atoms with Crippen molar-refractivity contribution in [1.29, 1.82) is 0 Å². The monoisotopic (exact) mass is 360 g/mol. The van der Waals surface area contributed by atoms with Crippen molar-refractivity contribution in [2.75, 3.05) is 0 Å². The summed E-state index contributed by atoms with van der Waals surface area (Å²) in [5, 5.41) is 22.3. The molecule has 27 heavy (non-hydrogen) atoms. The minimum Gasteiger partial charge on any atom is -0.478 e. The molecule has 0 saturated carbocycles. The van der Waals surface area contributed by atoms with Gasteiger partial charge in [0.05, 0.1) is 11.3 Å². The van der Waals surface area contributed by atoms with Gasteiger partial charge >= 0.3 is 5.97 Å². The van der Waals surface area contributed by atoms with E-state index in [1.54, 1.807) is 36.7 Å². The first-order chi connectivity index (χ1) is 13.1. The van der Waals surface area contributed by atoms with Gasteiger partial charge in [0.2, 0.25) is 0 Å². The maximum Gasteiger partial charge on any atom is 0.335 e. The lowest BCUT2D eigenvalue weighted by Crippen LogP contribution is -2.12. The van der Waals surface area contributed by atoms with Crippen LogP contribution in [0.3, 0.4) is 0 Å². The van der Waals surface area contributed by atoms with Gasteiger partial charge < -0.3 is 10.3 Å². The lowest BCUT2D eigenvalue weighted by atomic mass is 9.83. The largest absolute Gasteiger partial charge is 0.478 e. The topological polar surface area (TPSA) is 82.8 Å². The molecule has 0 amide bonds. The predicted octanol–water partition coefficient (Wildman–Crippen LogP) is 4.49. The number of benzene rings is 2. The van der Waals surface area contributed by atoms with E-state index in [9.17, 15) is 10.0 Å². The van der Waals surface area contributed by atoms with E-state index in [-0.39, 0.29) is 11.5 Å². The zero-order valence-electron chi connectivity index (χ0n) is 14.9. The third-order valence-electron chi connectivity index (χ3n) is 4.66. The van der Waals surface area contributed by atoms with Gasteiger partial charge in [-0.05, 0) is 47.9 Å². The Morgan fingerprint density at radius 1 is 1.00 bits per heavy atom. The molecule has 5 nitrogen and oxygen atoms in total. The fourth-order valence-corrected chi connectivity index (χ4v) is 3.20. The fraction of sp³-hybridized carbons (Fsp3) is 0.136. The lowest BCUT2D eigenvalue weighted by Gasteiger charge is -2.21. The van der Waals surface area contributed by atoms with Crippen molar-refractivity contribution in [1.82, 2.24) is 4.98 Å². The zero-order chi connectivity index (χ0) is 19.2. The molecule has 0 aliphatic rings. The molecular formula is C22H20N2O3. The van der Waals surface area contributed by atoms with Gasteiger partial charge in [0, 0.05) is 30.3 Å². The van der Waals surface area contributed by atoms with Crippen molar-refractivity contribution in [3.8, 4) is 0 Å². The number of hydrogen-bond donors (Lipinski definition) is 2. The number of carbonyl (C=O) groups is 1. The Morgan fingerprint density at radius 3 is 2.26 bits per heavy atom. The predicted molar refractivity (Wildman–Crippen MR) is 104 cm³/mol. The summed E-state index contributed by atoms with van der Waals surface area (Å²) in [7, 11) is 0. The molecule has 3 aromatic rings. The normalized spacial score (nSPS) is 12.6. The van der Waals surface area contributed by atoms with Crippen molar-refractivity contribution in [3.63, 3.8) is 0 Å². The third-order valence-corrected chi connectivity index (χ3v) is 4.66. The molecule has 5 heteroatoms. The van der Waals surface area contributed by atoms with E-state index in [1.165, 1.54) is 0 Å². The second kappa shape index (κ2) is 8.27. The molecule has 0 aliphatic carbocycles. The number of aromatic nitrogens is 1. The van der Waals surface area contributed by atoms with Crippen LogP contribution < -0.4 is 0 Å². The van der Waals surface area contributed by atoms with Gasteiger partial charge in [-0.25, -0.2) is 4.79 Å². The number of carboxylic acids is 1. The van der Waals surface area contributed by atoms with E-state index in [2.05, 4.69) is 10.1 Å². The second-order valence-corrected chi connectivity index (χ2v) is 6.32. The molecule has 136 valence electrons. The van der Waals surface area contributed by atoms with Crippen molar-refractivity contribution >= 4 is 11.7 Å². The van der Waals surface area contributed by atoms with Crippen molar-refractivity contribution in [2.24, 2.45) is 5.16 Å². The molecule has 1 aromatic heterocycles. The number of aromatic carboxylic acids is 1. The summed E-state index contributed by atoms with van der Waals surface area (Å²) in [6, 6.07) is 18.5. The summed E-state index contributed by atoms with van der Waals surface area (Å²) in [6.07, 6.45) is 3.79. The molecule has 2 aromatic carbocycles. The van der Waals surface area contributed by atoms with Gasteiger partial charge in [0.25, 0.3) is 0 Å². The summed E-state index contributed by atoms with van der Waals surface area (Å²) >= 11 is 0. The fourth-order valence-electron chi connectivity index (χ4n) is 3.20. The number of pyridine rings is 1. The first-order valence-electron chi connectivity index (χ1n) is 8.60. The maximum absolute atomic E-state index is 11.2. The van der Waals surface area contributed by atoms with Crippen LogP contribution in [-0.4, -0.2) is 27.0 Å². The average molecular weight is 360 g/mol. The highest BCUT2D eigenvalue weighted by Gasteiger charge is 2.20. The van der Waals surface area contributed by atoms with Crippen LogP contribution in [0.1, 0.15) is 45.0 Å². The number of aryl methyl sites for hydroxylation is 1. The molecule has 1 heterocycles. The quantitative estimate of drug-likeness (QED) is 0.385. The van der Waals surface area contributed by atoms with Gasteiger partial charge in [0.15, 0.2) is 0 Å². The Morgan fingerprint density at radius 2 is 1.67 bits per heavy atom. The summed E-state index contributed by atoms with van der Waals surface area (Å²) < 4.78 is 0. The molecule has 1 atom stereocenters. The zero-order valence-corrected chi connectivity index (χ0v) is 14.9. The number of hydrogen-bond acceptors (Lipinski definition) is 4. The van der Waals surface area contributed by atoms with E-state index in [1.807, 2.05) is 43.3 Å². The molecular weight excluding hydrogens is 340 g/mol. The highest BCUT2D eigenvalue weighted by molar-refractivity contribution is 6.00. The Balaban J connectivity index is 2.02. The van der Waals surface area contributed by atoms with Crippen LogP contribution in [0.25, 0.3) is 0 Å². The number of carboxylic acid groups (broad SMARTS) is 1. The second-order valence-electron chi connectivity index (χ2n) is 6.32. The van der Waals surface area contributed by atoms with Crippen LogP contribution in [0, 0.1) is 6.92 Å². The van der Waals surface area contributed by atoms with Gasteiger partial charge in [-0.15, -0.1) is 0 Å². The standard InChI is InChI=1S/C22H20N2O3/c1-15-4-2-3-5-19(15)20(16-6-8-18(9-7-16)22(25)26)14-21(24-27)17-10-12-23-13-11-17/h2-13,20,27H,14H2,1H3,(H,25,26)/b24-21+. The van der Waals surface area contributed by atoms with Gasteiger partial charge in [-0.2, -0.15) is 0 Å². The van der Waals surface area contributed by atoms with Gasteiger partial charge in [-0.1, -0.05) is 41.6 Å². The molecule has 0 bridgehead atoms. The third kappa shape index (κ3) is 4.20. The first-order valence-corrected chi connectivity index (χ1v) is 8.60. The van der Waals surface area contributed by atoms with E-state index in [0.717, 1.165) is 22.3 Å². The lowest BCUT2D eigenvalue weighted by molar-refractivity contribution is 0.0697. The SMILES string of the molecule is Cc1ccccc1C(C/C(=N\O)c1ccncc1)c1ccc(C(=O)O)cc1. The molecule has 0 saturated heterocycles. The minimum absolute atomic E-state index is 0.0758. The molecule has 2 N–H and O–H groups in total. The Labute approximate surface area is 157 Å². The summed E-state index contributed by atoms with van der Waals surface area (Å²) in [4.78, 5) is 15.2. The average Bonchev–Trinajstić information content (AvgIpc) is 2.70. The van der Waals surface area contributed by atoms with Crippen molar-refractivity contribution in [3.05, 3.63) is 101 Å². The number of oxime groups is 1. The molecule has 0 spiro atoms. The highest BCUT2D eigenvalue weighted by atomic mass is 16.4. The highest BCUT2D eigenvalue weighted by Crippen LogP contribution is 2.32. The molecule has 0 radical (unpaired) electrons. The smallest absolute Gasteiger partial charge is 0.335 e. The summed E-state index contributed by atoms with van der Waals surface area (Å²) in [5.74, 6) is -1.03. The van der Waals surface area contributed by atoms with Crippen molar-refractivity contribution < 1.29 is 15.1 Å². The minimum atomic E-state index is -0.955. The van der Waals surface area contributed by atoms with Gasteiger partial charge in [0.1, 0.15) is 0 Å². The number of rotatable bonds is 6. The molecule has 0 fully saturated rings. The summed E-state index contributed by atoms with van der Waals surface area (Å²) in [5.41, 5.74) is 4.78. The van der Waals surface area contributed by atoms with E-state index >= 15 is 0 Å².